The maximum atomic E-state index is 15.2. The summed E-state index contributed by atoms with van der Waals surface area (Å²) in [4.78, 5) is 22.9. The Kier molecular flexibility index (Phi) is 14.1. The van der Waals surface area contributed by atoms with Gasteiger partial charge >= 0.3 is 0 Å². The van der Waals surface area contributed by atoms with E-state index in [1.54, 1.807) is 13.2 Å². The Labute approximate surface area is 383 Å². The highest BCUT2D eigenvalue weighted by atomic mass is 16.7. The van der Waals surface area contributed by atoms with Gasteiger partial charge in [0, 0.05) is 44.1 Å². The van der Waals surface area contributed by atoms with Crippen LogP contribution in [0.3, 0.4) is 0 Å². The zero-order chi connectivity index (χ0) is 44.8. The first kappa shape index (κ1) is 44.8. The van der Waals surface area contributed by atoms with E-state index in [0.717, 1.165) is 83.9 Å². The fourth-order valence-corrected chi connectivity index (χ4v) is 11.6. The zero-order valence-electron chi connectivity index (χ0n) is 37.7. The summed E-state index contributed by atoms with van der Waals surface area (Å²) < 4.78 is 33.0. The number of fused-ring (bicyclic) bond motifs is 4. The van der Waals surface area contributed by atoms with E-state index >= 15 is 4.79 Å². The topological polar surface area (TPSA) is 129 Å². The molecule has 0 spiro atoms. The molecule has 0 aromatic heterocycles. The lowest BCUT2D eigenvalue weighted by Gasteiger charge is -2.60. The van der Waals surface area contributed by atoms with E-state index in [-0.39, 0.29) is 50.3 Å². The van der Waals surface area contributed by atoms with Crippen molar-refractivity contribution in [3.63, 3.8) is 0 Å². The van der Waals surface area contributed by atoms with Crippen LogP contribution in [0.2, 0.25) is 0 Å². The minimum Gasteiger partial charge on any atom is -0.459 e. The fraction of sp³-hybridized carbons (Fsp3) is 0.481. The number of hydrogen-bond acceptors (Lipinski definition) is 10. The summed E-state index contributed by atoms with van der Waals surface area (Å²) in [6.07, 6.45) is 15.2. The first-order chi connectivity index (χ1) is 31.9. The normalized spacial score (nSPS) is 24.8. The highest BCUT2D eigenvalue weighted by Gasteiger charge is 2.65. The molecule has 1 amide bonds. The van der Waals surface area contributed by atoms with E-state index in [2.05, 4.69) is 43.0 Å². The first-order valence-corrected chi connectivity index (χ1v) is 23.9. The van der Waals surface area contributed by atoms with Crippen molar-refractivity contribution >= 4 is 22.4 Å². The van der Waals surface area contributed by atoms with Crippen LogP contribution in [-0.4, -0.2) is 72.3 Å². The molecule has 2 fully saturated rings. The van der Waals surface area contributed by atoms with Crippen LogP contribution in [0.15, 0.2) is 108 Å². The lowest BCUT2D eigenvalue weighted by atomic mass is 9.55. The molecule has 0 saturated heterocycles. The Morgan fingerprint density at radius 1 is 0.877 bits per heavy atom. The van der Waals surface area contributed by atoms with Gasteiger partial charge in [0.2, 0.25) is 18.5 Å². The van der Waals surface area contributed by atoms with Crippen molar-refractivity contribution < 1.29 is 43.5 Å². The Balaban J connectivity index is 1.20. The molecular weight excluding hydrogens is 821 g/mol. The molecule has 2 aliphatic heterocycles. The van der Waals surface area contributed by atoms with Crippen molar-refractivity contribution in [2.75, 3.05) is 33.7 Å². The van der Waals surface area contributed by atoms with Crippen molar-refractivity contribution in [3.8, 4) is 28.7 Å². The Morgan fingerprint density at radius 3 is 2.43 bits per heavy atom. The average Bonchev–Trinajstić information content (AvgIpc) is 4.04. The number of amides is 1. The molecule has 11 nitrogen and oxygen atoms in total. The Bertz CT molecular complexity index is 2370. The Hall–Kier alpha value is -5.36. The van der Waals surface area contributed by atoms with Gasteiger partial charge in [-0.25, -0.2) is 0 Å². The number of carbonyl (C=O) groups excluding carboxylic acids is 1. The molecule has 0 bridgehead atoms. The number of unbranched alkanes of at least 4 members (excludes halogenated alkanes) is 2. The molecule has 0 unspecified atom stereocenters. The van der Waals surface area contributed by atoms with Crippen LogP contribution in [0.4, 0.5) is 0 Å². The summed E-state index contributed by atoms with van der Waals surface area (Å²) >= 11 is 0. The summed E-state index contributed by atoms with van der Waals surface area (Å²) in [5, 5.41) is 27.0. The summed E-state index contributed by atoms with van der Waals surface area (Å²) in [5.41, 5.74) is 3.68. The second-order valence-electron chi connectivity index (χ2n) is 18.5. The monoisotopic (exact) mass is 884 g/mol. The van der Waals surface area contributed by atoms with E-state index < -0.39 is 17.7 Å². The number of ether oxygens (including phenoxy) is 5. The first-order valence-electron chi connectivity index (χ1n) is 23.9. The lowest BCUT2D eigenvalue weighted by molar-refractivity contribution is -0.258. The number of carbonyl (C=O) groups is 1. The molecule has 0 radical (unpaired) electrons. The van der Waals surface area contributed by atoms with Gasteiger partial charge in [0.15, 0.2) is 11.5 Å². The standard InChI is InChI=1S/C54H64N2O9/c1-3-28-63-54-50(56(51(59)25-19-36-12-4-5-13-36)34-37-18-23-48-49(29-37)62-35-61-48)33-46(55-60-2)44-31-40(16-8-10-26-57)43(17-9-11-27-58)52(53(44)54)45-32-42(22-24-47(45)65-54)64-41-21-20-38-14-6-7-15-39(38)30-41/h3,6-7,14-15,18,20-24,29-32,36,40,43,50,52-53,57-58H,1,4-5,8-13,16-17,19,25-28,33-35H2,2H3/t40-,43+,50-,52+,53+,54+/m0/s1. The van der Waals surface area contributed by atoms with Gasteiger partial charge in [-0.3, -0.25) is 4.79 Å². The molecule has 2 heterocycles. The van der Waals surface area contributed by atoms with E-state index in [1.165, 1.54) is 12.8 Å². The van der Waals surface area contributed by atoms with Crippen molar-refractivity contribution in [3.05, 3.63) is 114 Å². The highest BCUT2D eigenvalue weighted by molar-refractivity contribution is 6.03. The summed E-state index contributed by atoms with van der Waals surface area (Å²) in [5.74, 6) is 2.24. The lowest BCUT2D eigenvalue weighted by Crippen LogP contribution is -2.70. The Morgan fingerprint density at radius 2 is 1.63 bits per heavy atom. The molecule has 4 aromatic rings. The molecule has 65 heavy (non-hydrogen) atoms. The second kappa shape index (κ2) is 20.4. The number of rotatable bonds is 20. The van der Waals surface area contributed by atoms with Gasteiger partial charge in [0.05, 0.1) is 18.2 Å². The van der Waals surface area contributed by atoms with Crippen LogP contribution in [0.1, 0.15) is 101 Å². The fourth-order valence-electron chi connectivity index (χ4n) is 11.6. The van der Waals surface area contributed by atoms with Gasteiger partial charge in [-0.05, 0) is 114 Å². The van der Waals surface area contributed by atoms with Crippen molar-refractivity contribution in [2.45, 2.75) is 108 Å². The van der Waals surface area contributed by atoms with Crippen LogP contribution in [0.25, 0.3) is 10.8 Å². The van der Waals surface area contributed by atoms with Crippen LogP contribution < -0.4 is 18.9 Å². The minimum atomic E-state index is -1.37. The highest BCUT2D eigenvalue weighted by Crippen LogP contribution is 2.62. The van der Waals surface area contributed by atoms with Crippen molar-refractivity contribution in [2.24, 2.45) is 28.8 Å². The number of allylic oxidation sites excluding steroid dienone is 1. The third-order valence-corrected chi connectivity index (χ3v) is 14.5. The number of hydrogen-bond donors (Lipinski definition) is 2. The zero-order valence-corrected chi connectivity index (χ0v) is 37.7. The van der Waals surface area contributed by atoms with E-state index in [0.29, 0.717) is 61.1 Å². The van der Waals surface area contributed by atoms with Gasteiger partial charge in [-0.15, -0.1) is 6.58 Å². The molecule has 2 saturated carbocycles. The van der Waals surface area contributed by atoms with Gasteiger partial charge in [0.1, 0.15) is 30.4 Å². The third kappa shape index (κ3) is 9.38. The number of oxime groups is 1. The number of nitrogens with zero attached hydrogens (tertiary/aromatic N) is 2. The molecule has 9 rings (SSSR count). The molecule has 4 aromatic carbocycles. The van der Waals surface area contributed by atoms with Crippen LogP contribution in [-0.2, 0) is 20.9 Å². The predicted molar refractivity (Wildman–Crippen MR) is 250 cm³/mol. The smallest absolute Gasteiger partial charge is 0.239 e. The third-order valence-electron chi connectivity index (χ3n) is 14.5. The van der Waals surface area contributed by atoms with E-state index in [4.69, 9.17) is 33.7 Å². The molecule has 344 valence electrons. The molecule has 2 N–H and O–H groups in total. The molecule has 11 heteroatoms. The predicted octanol–water partition coefficient (Wildman–Crippen LogP) is 10.6. The van der Waals surface area contributed by atoms with Gasteiger partial charge in [0.25, 0.3) is 0 Å². The van der Waals surface area contributed by atoms with Crippen LogP contribution >= 0.6 is 0 Å². The van der Waals surface area contributed by atoms with Crippen molar-refractivity contribution in [1.82, 2.24) is 4.90 Å². The van der Waals surface area contributed by atoms with E-state index in [9.17, 15) is 10.2 Å². The SMILES string of the molecule is C=CCO[C@@]12Oc3ccc(Oc4ccc5ccccc5c4)cc3[C@H]3[C@H](CCCCO)[C@@H](CCCCO)C=C(C(=NOC)C[C@@H]1N(Cc1ccc4c(c1)OCO4)C(=O)CCC1CCCC1)[C@H]32. The summed E-state index contributed by atoms with van der Waals surface area (Å²) in [7, 11) is 1.58. The molecule has 3 aliphatic carbocycles. The molecule has 5 aliphatic rings. The van der Waals surface area contributed by atoms with Gasteiger partial charge in [-0.2, -0.15) is 0 Å². The van der Waals surface area contributed by atoms with Crippen LogP contribution in [0, 0.1) is 23.7 Å². The maximum absolute atomic E-state index is 15.2. The average molecular weight is 885 g/mol. The number of aliphatic hydroxyl groups is 2. The van der Waals surface area contributed by atoms with Gasteiger partial charge < -0.3 is 43.6 Å². The van der Waals surface area contributed by atoms with Crippen molar-refractivity contribution in [1.29, 1.82) is 0 Å². The largest absolute Gasteiger partial charge is 0.459 e. The molecular formula is C54H64N2O9. The molecule has 6 atom stereocenters. The summed E-state index contributed by atoms with van der Waals surface area (Å²) in [6, 6.07) is 25.7. The quantitative estimate of drug-likeness (QED) is 0.0506. The minimum absolute atomic E-state index is 0.0348. The van der Waals surface area contributed by atoms with E-state index in [1.807, 2.05) is 53.4 Å². The second-order valence-corrected chi connectivity index (χ2v) is 18.5. The van der Waals surface area contributed by atoms with Gasteiger partial charge in [-0.1, -0.05) is 92.2 Å². The summed E-state index contributed by atoms with van der Waals surface area (Å²) in [6.45, 7) is 4.97. The number of benzene rings is 4. The maximum Gasteiger partial charge on any atom is 0.239 e. The number of aliphatic hydroxyl groups excluding tert-OH is 2. The van der Waals surface area contributed by atoms with Crippen LogP contribution in [0.5, 0.6) is 28.7 Å².